The van der Waals surface area contributed by atoms with Crippen molar-refractivity contribution >= 4 is 10.0 Å². The van der Waals surface area contributed by atoms with Crippen molar-refractivity contribution in [3.63, 3.8) is 0 Å². The molecule has 1 aromatic carbocycles. The summed E-state index contributed by atoms with van der Waals surface area (Å²) in [5.74, 6) is 2.57. The van der Waals surface area contributed by atoms with Crippen LogP contribution in [-0.4, -0.2) is 54.0 Å². The fourth-order valence-corrected chi connectivity index (χ4v) is 4.45. The van der Waals surface area contributed by atoms with E-state index in [1.54, 1.807) is 0 Å². The molecule has 9 heteroatoms. The van der Waals surface area contributed by atoms with Gasteiger partial charge in [0.25, 0.3) is 0 Å². The number of fused-ring (bicyclic) bond motifs is 1. The molecule has 3 rings (SSSR count). The monoisotopic (exact) mass is 421 g/mol. The number of hydrogen-bond acceptors (Lipinski definition) is 6. The third kappa shape index (κ3) is 5.77. The normalized spacial score (nSPS) is 16.4. The number of hydrogen-bond donors (Lipinski definition) is 1. The molecule has 0 fully saturated rings. The molecule has 0 aliphatic carbocycles. The zero-order valence-electron chi connectivity index (χ0n) is 17.6. The molecule has 1 N–H and O–H groups in total. The topological polar surface area (TPSA) is 89.3 Å². The van der Waals surface area contributed by atoms with Gasteiger partial charge in [-0.2, -0.15) is 0 Å². The molecule has 1 aliphatic heterocycles. The fraction of sp³-hybridized carbons (Fsp3) is 0.600. The van der Waals surface area contributed by atoms with Crippen molar-refractivity contribution in [2.24, 2.45) is 5.92 Å². The predicted octanol–water partition coefficient (Wildman–Crippen LogP) is 1.98. The van der Waals surface area contributed by atoms with E-state index in [-0.39, 0.29) is 12.0 Å². The summed E-state index contributed by atoms with van der Waals surface area (Å²) in [5, 5.41) is 8.69. The van der Waals surface area contributed by atoms with Crippen LogP contribution in [0, 0.1) is 5.92 Å². The molecule has 0 radical (unpaired) electrons. The van der Waals surface area contributed by atoms with Crippen molar-refractivity contribution in [2.45, 2.75) is 46.3 Å². The molecule has 8 nitrogen and oxygen atoms in total. The van der Waals surface area contributed by atoms with Crippen molar-refractivity contribution < 1.29 is 13.2 Å². The lowest BCUT2D eigenvalue weighted by Gasteiger charge is -2.22. The van der Waals surface area contributed by atoms with Gasteiger partial charge in [-0.3, -0.25) is 4.90 Å². The molecule has 0 spiro atoms. The predicted molar refractivity (Wildman–Crippen MR) is 112 cm³/mol. The summed E-state index contributed by atoms with van der Waals surface area (Å²) in [7, 11) is -3.34. The second-order valence-corrected chi connectivity index (χ2v) is 9.62. The maximum atomic E-state index is 11.8. The Morgan fingerprint density at radius 1 is 1.14 bits per heavy atom. The molecule has 0 amide bonds. The summed E-state index contributed by atoms with van der Waals surface area (Å²) in [6, 6.07) is 7.84. The average Bonchev–Trinajstić information content (AvgIpc) is 2.95. The van der Waals surface area contributed by atoms with E-state index in [0.29, 0.717) is 12.4 Å². The Bertz CT molecular complexity index is 909. The Morgan fingerprint density at radius 3 is 2.48 bits per heavy atom. The summed E-state index contributed by atoms with van der Waals surface area (Å²) >= 11 is 0. The van der Waals surface area contributed by atoms with Gasteiger partial charge < -0.3 is 9.30 Å². The Labute approximate surface area is 173 Å². The second kappa shape index (κ2) is 9.23. The minimum absolute atomic E-state index is 0.0706. The molecule has 1 aliphatic rings. The highest BCUT2D eigenvalue weighted by Gasteiger charge is 2.28. The third-order valence-corrected chi connectivity index (χ3v) is 5.76. The summed E-state index contributed by atoms with van der Waals surface area (Å²) < 4.78 is 33.9. The van der Waals surface area contributed by atoms with Crippen LogP contribution >= 0.6 is 0 Å². The highest BCUT2D eigenvalue weighted by atomic mass is 32.2. The van der Waals surface area contributed by atoms with Gasteiger partial charge in [-0.25, -0.2) is 13.1 Å². The van der Waals surface area contributed by atoms with E-state index in [4.69, 9.17) is 4.74 Å². The van der Waals surface area contributed by atoms with Crippen molar-refractivity contribution in [2.75, 3.05) is 26.0 Å². The molecule has 2 heterocycles. The second-order valence-electron chi connectivity index (χ2n) is 7.84. The van der Waals surface area contributed by atoms with E-state index in [1.165, 1.54) is 11.8 Å². The van der Waals surface area contributed by atoms with Crippen LogP contribution in [0.25, 0.3) is 0 Å². The Morgan fingerprint density at radius 2 is 1.86 bits per heavy atom. The highest BCUT2D eigenvalue weighted by Crippen LogP contribution is 2.23. The van der Waals surface area contributed by atoms with Crippen LogP contribution in [-0.2, 0) is 29.5 Å². The molecular weight excluding hydrogens is 390 g/mol. The van der Waals surface area contributed by atoms with Crippen LogP contribution in [0.15, 0.2) is 24.3 Å². The van der Waals surface area contributed by atoms with Gasteiger partial charge in [0, 0.05) is 32.6 Å². The number of aromatic nitrogens is 3. The average molecular weight is 422 g/mol. The molecule has 1 atom stereocenters. The van der Waals surface area contributed by atoms with Gasteiger partial charge in [0.15, 0.2) is 5.82 Å². The first-order valence-corrected chi connectivity index (χ1v) is 12.0. The number of nitrogens with one attached hydrogen (secondary N) is 1. The zero-order valence-corrected chi connectivity index (χ0v) is 18.4. The maximum absolute atomic E-state index is 11.8. The number of benzene rings is 1. The van der Waals surface area contributed by atoms with Gasteiger partial charge in [0.2, 0.25) is 10.0 Å². The lowest BCUT2D eigenvalue weighted by Crippen LogP contribution is -2.33. The van der Waals surface area contributed by atoms with E-state index < -0.39 is 10.0 Å². The minimum atomic E-state index is -3.34. The molecule has 0 saturated heterocycles. The van der Waals surface area contributed by atoms with Gasteiger partial charge >= 0.3 is 0 Å². The van der Waals surface area contributed by atoms with Crippen molar-refractivity contribution in [1.82, 2.24) is 24.4 Å². The largest absolute Gasteiger partial charge is 0.494 e. The van der Waals surface area contributed by atoms with Crippen LogP contribution in [0.3, 0.4) is 0 Å². The third-order valence-electron chi connectivity index (χ3n) is 5.07. The van der Waals surface area contributed by atoms with Gasteiger partial charge in [0.1, 0.15) is 11.6 Å². The number of ether oxygens (including phenoxy) is 1. The van der Waals surface area contributed by atoms with E-state index >= 15 is 0 Å². The fourth-order valence-electron chi connectivity index (χ4n) is 3.61. The van der Waals surface area contributed by atoms with E-state index in [9.17, 15) is 8.42 Å². The Kier molecular flexibility index (Phi) is 6.92. The number of sulfonamides is 1. The molecule has 1 aromatic heterocycles. The lowest BCUT2D eigenvalue weighted by molar-refractivity contribution is 0.268. The summed E-state index contributed by atoms with van der Waals surface area (Å²) in [4.78, 5) is 2.39. The first-order valence-electron chi connectivity index (χ1n) is 10.1. The maximum Gasteiger partial charge on any atom is 0.209 e. The number of rotatable bonds is 8. The zero-order chi connectivity index (χ0) is 21.0. The first kappa shape index (κ1) is 21.7. The van der Waals surface area contributed by atoms with Crippen molar-refractivity contribution in [3.8, 4) is 5.75 Å². The standard InChI is InChI=1S/C20H31N5O3S/c1-5-28-17-8-6-16(7-9-17)14-24-11-10-18-21-22-20(25(18)13-12-24)19(15(2)3)23-29(4,26)27/h6-9,15,19,23H,5,10-14H2,1-4H3/t19-/m1/s1. The van der Waals surface area contributed by atoms with Gasteiger partial charge in [0.05, 0.1) is 18.9 Å². The first-order chi connectivity index (χ1) is 13.8. The summed E-state index contributed by atoms with van der Waals surface area (Å²) in [6.45, 7) is 9.95. The SMILES string of the molecule is CCOc1ccc(CN2CCc3nnc([C@H](NS(C)(=O)=O)C(C)C)n3CC2)cc1. The molecule has 0 unspecified atom stereocenters. The highest BCUT2D eigenvalue weighted by molar-refractivity contribution is 7.88. The van der Waals surface area contributed by atoms with Crippen LogP contribution in [0.4, 0.5) is 0 Å². The molecular formula is C20H31N5O3S. The Hall–Kier alpha value is -1.97. The van der Waals surface area contributed by atoms with E-state index in [2.05, 4.69) is 36.5 Å². The van der Waals surface area contributed by atoms with Crippen molar-refractivity contribution in [1.29, 1.82) is 0 Å². The van der Waals surface area contributed by atoms with Gasteiger partial charge in [-0.1, -0.05) is 26.0 Å². The van der Waals surface area contributed by atoms with E-state index in [0.717, 1.165) is 44.2 Å². The van der Waals surface area contributed by atoms with Crippen LogP contribution in [0.1, 0.15) is 44.0 Å². The smallest absolute Gasteiger partial charge is 0.209 e. The summed E-state index contributed by atoms with van der Waals surface area (Å²) in [5.41, 5.74) is 1.24. The van der Waals surface area contributed by atoms with Gasteiger partial charge in [-0.05, 0) is 30.5 Å². The summed E-state index contributed by atoms with van der Waals surface area (Å²) in [6.07, 6.45) is 1.97. The van der Waals surface area contributed by atoms with Crippen molar-refractivity contribution in [3.05, 3.63) is 41.5 Å². The van der Waals surface area contributed by atoms with Crippen LogP contribution in [0.5, 0.6) is 5.75 Å². The van der Waals surface area contributed by atoms with E-state index in [1.807, 2.05) is 32.9 Å². The lowest BCUT2D eigenvalue weighted by atomic mass is 10.1. The number of nitrogens with zero attached hydrogens (tertiary/aromatic N) is 4. The molecule has 29 heavy (non-hydrogen) atoms. The molecule has 2 aromatic rings. The molecule has 0 saturated carbocycles. The minimum Gasteiger partial charge on any atom is -0.494 e. The quantitative estimate of drug-likeness (QED) is 0.701. The Balaban J connectivity index is 1.70. The van der Waals surface area contributed by atoms with Crippen LogP contribution in [0.2, 0.25) is 0 Å². The van der Waals surface area contributed by atoms with Crippen LogP contribution < -0.4 is 9.46 Å². The molecule has 0 bridgehead atoms. The molecule has 160 valence electrons. The van der Waals surface area contributed by atoms with Gasteiger partial charge in [-0.15, -0.1) is 10.2 Å².